The number of aromatic hydroxyl groups is 1. The average Bonchev–Trinajstić information content (AvgIpc) is 2.20. The zero-order chi connectivity index (χ0) is 11.4. The molecular weight excluding hydrogens is 265 g/mol. The largest absolute Gasteiger partial charge is 0.508 e. The zero-order valence-electron chi connectivity index (χ0n) is 8.30. The summed E-state index contributed by atoms with van der Waals surface area (Å²) in [6.45, 7) is 2.28. The summed E-state index contributed by atoms with van der Waals surface area (Å²) in [5.41, 5.74) is 0.594. The van der Waals surface area contributed by atoms with E-state index in [1.54, 1.807) is 0 Å². The number of halogens is 2. The molecule has 5 heteroatoms. The van der Waals surface area contributed by atoms with Crippen LogP contribution in [0.15, 0.2) is 16.6 Å². The first-order valence-electron chi connectivity index (χ1n) is 4.58. The normalized spacial score (nSPS) is 12.8. The molecule has 1 atom stereocenters. The van der Waals surface area contributed by atoms with Crippen molar-refractivity contribution in [2.45, 2.75) is 13.0 Å². The first-order valence-corrected chi connectivity index (χ1v) is 5.37. The molecule has 0 heterocycles. The van der Waals surface area contributed by atoms with Gasteiger partial charge in [-0.2, -0.15) is 0 Å². The second-order valence-electron chi connectivity index (χ2n) is 3.22. The van der Waals surface area contributed by atoms with Crippen LogP contribution < -0.4 is 5.32 Å². The van der Waals surface area contributed by atoms with Gasteiger partial charge in [0.2, 0.25) is 0 Å². The van der Waals surface area contributed by atoms with Gasteiger partial charge in [-0.1, -0.05) is 0 Å². The number of hydrogen-bond donors (Lipinski definition) is 3. The Morgan fingerprint density at radius 1 is 1.53 bits per heavy atom. The van der Waals surface area contributed by atoms with E-state index in [0.717, 1.165) is 6.07 Å². The molecule has 0 radical (unpaired) electrons. The second-order valence-corrected chi connectivity index (χ2v) is 4.08. The Morgan fingerprint density at radius 2 is 2.20 bits per heavy atom. The molecule has 0 aliphatic heterocycles. The van der Waals surface area contributed by atoms with E-state index in [9.17, 15) is 9.50 Å². The monoisotopic (exact) mass is 277 g/mol. The lowest BCUT2D eigenvalue weighted by Crippen LogP contribution is -2.22. The van der Waals surface area contributed by atoms with E-state index in [0.29, 0.717) is 16.6 Å². The summed E-state index contributed by atoms with van der Waals surface area (Å²) in [6.07, 6.45) is 0. The van der Waals surface area contributed by atoms with Crippen molar-refractivity contribution in [3.05, 3.63) is 28.0 Å². The Kier molecular flexibility index (Phi) is 4.50. The minimum absolute atomic E-state index is 0.0213. The third-order valence-corrected chi connectivity index (χ3v) is 2.71. The van der Waals surface area contributed by atoms with Gasteiger partial charge < -0.3 is 15.5 Å². The van der Waals surface area contributed by atoms with E-state index in [4.69, 9.17) is 5.11 Å². The van der Waals surface area contributed by atoms with Crippen molar-refractivity contribution in [2.75, 3.05) is 13.2 Å². The van der Waals surface area contributed by atoms with Crippen LogP contribution in [0.3, 0.4) is 0 Å². The van der Waals surface area contributed by atoms with Crippen molar-refractivity contribution in [3.63, 3.8) is 0 Å². The van der Waals surface area contributed by atoms with Gasteiger partial charge in [-0.05, 0) is 28.9 Å². The fourth-order valence-corrected chi connectivity index (χ4v) is 1.65. The first kappa shape index (κ1) is 12.4. The van der Waals surface area contributed by atoms with E-state index >= 15 is 0 Å². The smallest absolute Gasteiger partial charge is 0.141 e. The molecule has 1 unspecified atom stereocenters. The second kappa shape index (κ2) is 5.44. The lowest BCUT2D eigenvalue weighted by atomic mass is 10.1. The van der Waals surface area contributed by atoms with Crippen LogP contribution in [0.25, 0.3) is 0 Å². The van der Waals surface area contributed by atoms with Crippen LogP contribution in [0, 0.1) is 5.82 Å². The molecule has 0 aromatic heterocycles. The fraction of sp³-hybridized carbons (Fsp3) is 0.400. The Hall–Kier alpha value is -0.650. The minimum Gasteiger partial charge on any atom is -0.508 e. The summed E-state index contributed by atoms with van der Waals surface area (Å²) in [7, 11) is 0. The van der Waals surface area contributed by atoms with Gasteiger partial charge in [-0.15, -0.1) is 0 Å². The summed E-state index contributed by atoms with van der Waals surface area (Å²) in [5.74, 6) is -0.584. The maximum absolute atomic E-state index is 13.0. The third kappa shape index (κ3) is 3.15. The third-order valence-electron chi connectivity index (χ3n) is 2.10. The summed E-state index contributed by atoms with van der Waals surface area (Å²) < 4.78 is 13.3. The van der Waals surface area contributed by atoms with E-state index in [-0.39, 0.29) is 18.4 Å². The fourth-order valence-electron chi connectivity index (χ4n) is 1.29. The molecule has 0 saturated carbocycles. The van der Waals surface area contributed by atoms with E-state index in [2.05, 4.69) is 21.2 Å². The molecule has 3 N–H and O–H groups in total. The van der Waals surface area contributed by atoms with Crippen molar-refractivity contribution < 1.29 is 14.6 Å². The maximum Gasteiger partial charge on any atom is 0.141 e. The highest BCUT2D eigenvalue weighted by Crippen LogP contribution is 2.29. The summed E-state index contributed by atoms with van der Waals surface area (Å²) in [5, 5.41) is 21.1. The molecule has 0 amide bonds. The van der Waals surface area contributed by atoms with E-state index in [1.165, 1.54) is 6.07 Å². The van der Waals surface area contributed by atoms with Crippen LogP contribution in [0.1, 0.15) is 18.5 Å². The molecule has 0 saturated heterocycles. The van der Waals surface area contributed by atoms with Crippen molar-refractivity contribution >= 4 is 15.9 Å². The van der Waals surface area contributed by atoms with E-state index in [1.807, 2.05) is 6.92 Å². The number of aliphatic hydroxyl groups is 1. The van der Waals surface area contributed by atoms with Gasteiger partial charge in [0.15, 0.2) is 0 Å². The molecule has 0 fully saturated rings. The topological polar surface area (TPSA) is 52.5 Å². The van der Waals surface area contributed by atoms with Crippen LogP contribution in [-0.4, -0.2) is 23.4 Å². The number of aliphatic hydroxyl groups excluding tert-OH is 1. The van der Waals surface area contributed by atoms with Gasteiger partial charge in [0.05, 0.1) is 11.1 Å². The zero-order valence-corrected chi connectivity index (χ0v) is 9.88. The highest BCUT2D eigenvalue weighted by Gasteiger charge is 2.12. The molecule has 1 rings (SSSR count). The van der Waals surface area contributed by atoms with E-state index < -0.39 is 5.82 Å². The Balaban J connectivity index is 2.88. The lowest BCUT2D eigenvalue weighted by Gasteiger charge is -2.15. The summed E-state index contributed by atoms with van der Waals surface area (Å²) in [6, 6.07) is 2.45. The highest BCUT2D eigenvalue weighted by atomic mass is 79.9. The molecule has 1 aromatic carbocycles. The number of benzene rings is 1. The molecule has 0 spiro atoms. The van der Waals surface area contributed by atoms with Crippen LogP contribution in [0.4, 0.5) is 4.39 Å². The summed E-state index contributed by atoms with van der Waals surface area (Å²) in [4.78, 5) is 0. The number of nitrogens with one attached hydrogen (secondary N) is 1. The predicted octanol–water partition coefficient (Wildman–Crippen LogP) is 1.94. The first-order chi connectivity index (χ1) is 7.06. The van der Waals surface area contributed by atoms with Crippen molar-refractivity contribution in [2.24, 2.45) is 0 Å². The molecule has 0 aliphatic carbocycles. The Bertz CT molecular complexity index is 346. The molecule has 15 heavy (non-hydrogen) atoms. The molecule has 84 valence electrons. The van der Waals surface area contributed by atoms with Crippen molar-refractivity contribution in [1.82, 2.24) is 5.32 Å². The minimum atomic E-state index is -0.495. The lowest BCUT2D eigenvalue weighted by molar-refractivity contribution is 0.285. The van der Waals surface area contributed by atoms with Gasteiger partial charge in [0, 0.05) is 24.2 Å². The van der Waals surface area contributed by atoms with Crippen LogP contribution in [0.2, 0.25) is 0 Å². The predicted molar refractivity (Wildman–Crippen MR) is 59.3 cm³/mol. The molecule has 3 nitrogen and oxygen atoms in total. The molecule has 1 aromatic rings. The number of phenols is 1. The summed E-state index contributed by atoms with van der Waals surface area (Å²) >= 11 is 3.05. The quantitative estimate of drug-likeness (QED) is 0.789. The van der Waals surface area contributed by atoms with Crippen LogP contribution >= 0.6 is 15.9 Å². The van der Waals surface area contributed by atoms with Gasteiger partial charge in [-0.25, -0.2) is 4.39 Å². The molecule has 0 aliphatic rings. The van der Waals surface area contributed by atoms with Crippen LogP contribution in [0.5, 0.6) is 5.75 Å². The van der Waals surface area contributed by atoms with Gasteiger partial charge in [0.1, 0.15) is 11.6 Å². The molecular formula is C10H13BrFNO2. The maximum atomic E-state index is 13.0. The number of hydrogen-bond acceptors (Lipinski definition) is 3. The molecule has 0 bridgehead atoms. The van der Waals surface area contributed by atoms with Gasteiger partial charge >= 0.3 is 0 Å². The van der Waals surface area contributed by atoms with Crippen molar-refractivity contribution in [1.29, 1.82) is 0 Å². The SMILES string of the molecule is CC(NCCO)c1cc(Br)c(F)cc1O. The number of rotatable bonds is 4. The standard InChI is InChI=1S/C10H13BrFNO2/c1-6(13-2-3-14)7-4-8(11)9(12)5-10(7)15/h4-6,13-15H,2-3H2,1H3. The Labute approximate surface area is 96.1 Å². The Morgan fingerprint density at radius 3 is 2.80 bits per heavy atom. The average molecular weight is 278 g/mol. The highest BCUT2D eigenvalue weighted by molar-refractivity contribution is 9.10. The van der Waals surface area contributed by atoms with Crippen LogP contribution in [-0.2, 0) is 0 Å². The van der Waals surface area contributed by atoms with Gasteiger partial charge in [0.25, 0.3) is 0 Å². The number of phenolic OH excluding ortho intramolecular Hbond substituents is 1. The van der Waals surface area contributed by atoms with Crippen molar-refractivity contribution in [3.8, 4) is 5.75 Å². The van der Waals surface area contributed by atoms with Gasteiger partial charge in [-0.3, -0.25) is 0 Å².